The van der Waals surface area contributed by atoms with Gasteiger partial charge in [0.15, 0.2) is 0 Å². The third kappa shape index (κ3) is 4.28. The molecule has 0 N–H and O–H groups in total. The van der Waals surface area contributed by atoms with Crippen molar-refractivity contribution in [2.45, 2.75) is 39.2 Å². The lowest BCUT2D eigenvalue weighted by molar-refractivity contribution is -0.150. The van der Waals surface area contributed by atoms with Crippen LogP contribution >= 0.6 is 0 Å². The summed E-state index contributed by atoms with van der Waals surface area (Å²) in [6.07, 6.45) is 3.16. The number of ether oxygens (including phenoxy) is 2. The van der Waals surface area contributed by atoms with E-state index in [9.17, 15) is 4.79 Å². The quantitative estimate of drug-likeness (QED) is 0.665. The predicted molar refractivity (Wildman–Crippen MR) is 66.9 cm³/mol. The second kappa shape index (κ2) is 7.67. The smallest absolute Gasteiger partial charge is 0.323 e. The van der Waals surface area contributed by atoms with E-state index in [4.69, 9.17) is 9.47 Å². The molecule has 0 aromatic carbocycles. The number of esters is 1. The maximum atomic E-state index is 11.8. The molecule has 2 atom stereocenters. The molecule has 0 saturated carbocycles. The first-order valence-corrected chi connectivity index (χ1v) is 6.62. The Hall–Kier alpha value is -0.610. The van der Waals surface area contributed by atoms with E-state index in [2.05, 4.69) is 4.90 Å². The van der Waals surface area contributed by atoms with Gasteiger partial charge in [-0.2, -0.15) is 0 Å². The zero-order valence-corrected chi connectivity index (χ0v) is 11.3. The topological polar surface area (TPSA) is 38.8 Å². The molecule has 0 amide bonds. The van der Waals surface area contributed by atoms with Gasteiger partial charge in [-0.25, -0.2) is 0 Å². The van der Waals surface area contributed by atoms with Crippen LogP contribution in [0.3, 0.4) is 0 Å². The van der Waals surface area contributed by atoms with E-state index in [1.54, 1.807) is 7.11 Å². The molecule has 0 spiro atoms. The van der Waals surface area contributed by atoms with Crippen LogP contribution in [0.1, 0.15) is 33.1 Å². The van der Waals surface area contributed by atoms with E-state index in [1.807, 2.05) is 13.8 Å². The molecule has 100 valence electrons. The molecule has 1 saturated heterocycles. The van der Waals surface area contributed by atoms with Crippen molar-refractivity contribution in [3.05, 3.63) is 0 Å². The van der Waals surface area contributed by atoms with Gasteiger partial charge in [0, 0.05) is 13.7 Å². The molecule has 1 rings (SSSR count). The number of likely N-dealkylation sites (tertiary alicyclic amines) is 1. The third-order valence-corrected chi connectivity index (χ3v) is 3.34. The van der Waals surface area contributed by atoms with E-state index in [-0.39, 0.29) is 12.0 Å². The van der Waals surface area contributed by atoms with E-state index in [0.717, 1.165) is 32.5 Å². The van der Waals surface area contributed by atoms with Crippen molar-refractivity contribution < 1.29 is 14.3 Å². The highest BCUT2D eigenvalue weighted by Gasteiger charge is 2.29. The summed E-state index contributed by atoms with van der Waals surface area (Å²) >= 11 is 0. The molecule has 17 heavy (non-hydrogen) atoms. The Morgan fingerprint density at radius 1 is 1.47 bits per heavy atom. The number of rotatable bonds is 6. The molecule has 0 aromatic rings. The van der Waals surface area contributed by atoms with Crippen molar-refractivity contribution in [1.82, 2.24) is 4.90 Å². The van der Waals surface area contributed by atoms with Crippen LogP contribution in [0, 0.1) is 5.92 Å². The maximum Gasteiger partial charge on any atom is 0.323 e. The number of hydrogen-bond acceptors (Lipinski definition) is 4. The Balaban J connectivity index is 2.52. The van der Waals surface area contributed by atoms with E-state index in [1.165, 1.54) is 6.42 Å². The molecule has 2 unspecified atom stereocenters. The second-order valence-electron chi connectivity index (χ2n) is 4.63. The standard InChI is InChI=1S/C13H25NO3/c1-4-12(13(15)17-5-2)14-8-6-7-11(9-14)10-16-3/h11-12H,4-10H2,1-3H3. The highest BCUT2D eigenvalue weighted by Crippen LogP contribution is 2.20. The average molecular weight is 243 g/mol. The van der Waals surface area contributed by atoms with Crippen molar-refractivity contribution in [2.75, 3.05) is 33.4 Å². The largest absolute Gasteiger partial charge is 0.465 e. The Labute approximate surface area is 104 Å². The molecule has 0 aromatic heterocycles. The van der Waals surface area contributed by atoms with Crippen LogP contribution in [0.5, 0.6) is 0 Å². The molecule has 4 heteroatoms. The van der Waals surface area contributed by atoms with Crippen molar-refractivity contribution in [1.29, 1.82) is 0 Å². The van der Waals surface area contributed by atoms with Crippen LogP contribution < -0.4 is 0 Å². The summed E-state index contributed by atoms with van der Waals surface area (Å²) in [5, 5.41) is 0. The van der Waals surface area contributed by atoms with Crippen molar-refractivity contribution >= 4 is 5.97 Å². The first kappa shape index (κ1) is 14.5. The highest BCUT2D eigenvalue weighted by molar-refractivity contribution is 5.75. The summed E-state index contributed by atoms with van der Waals surface area (Å²) in [5.74, 6) is 0.477. The molecule has 1 heterocycles. The van der Waals surface area contributed by atoms with Gasteiger partial charge in [-0.05, 0) is 38.6 Å². The number of hydrogen-bond donors (Lipinski definition) is 0. The minimum absolute atomic E-state index is 0.0744. The summed E-state index contributed by atoms with van der Waals surface area (Å²) in [7, 11) is 1.74. The highest BCUT2D eigenvalue weighted by atomic mass is 16.5. The minimum atomic E-state index is -0.0759. The fourth-order valence-corrected chi connectivity index (χ4v) is 2.56. The lowest BCUT2D eigenvalue weighted by Crippen LogP contribution is -2.47. The van der Waals surface area contributed by atoms with Crippen LogP contribution in [0.4, 0.5) is 0 Å². The van der Waals surface area contributed by atoms with Gasteiger partial charge in [0.1, 0.15) is 6.04 Å². The van der Waals surface area contributed by atoms with Crippen molar-refractivity contribution in [3.63, 3.8) is 0 Å². The lowest BCUT2D eigenvalue weighted by atomic mass is 9.97. The average Bonchev–Trinajstić information content (AvgIpc) is 2.31. The number of carbonyl (C=O) groups excluding carboxylic acids is 1. The molecule has 0 radical (unpaired) electrons. The van der Waals surface area contributed by atoms with E-state index >= 15 is 0 Å². The molecule has 0 bridgehead atoms. The molecule has 4 nitrogen and oxygen atoms in total. The summed E-state index contributed by atoms with van der Waals surface area (Å²) in [4.78, 5) is 14.1. The number of methoxy groups -OCH3 is 1. The fourth-order valence-electron chi connectivity index (χ4n) is 2.56. The third-order valence-electron chi connectivity index (χ3n) is 3.34. The summed E-state index contributed by atoms with van der Waals surface area (Å²) in [5.41, 5.74) is 0. The van der Waals surface area contributed by atoms with Crippen molar-refractivity contribution in [2.24, 2.45) is 5.92 Å². The summed E-state index contributed by atoms with van der Waals surface area (Å²) in [6, 6.07) is -0.0744. The Bertz CT molecular complexity index is 231. The molecule has 1 aliphatic heterocycles. The van der Waals surface area contributed by atoms with Gasteiger partial charge in [0.2, 0.25) is 0 Å². The Morgan fingerprint density at radius 3 is 2.82 bits per heavy atom. The first-order chi connectivity index (χ1) is 8.22. The molecule has 1 fully saturated rings. The Morgan fingerprint density at radius 2 is 2.24 bits per heavy atom. The minimum Gasteiger partial charge on any atom is -0.465 e. The van der Waals surface area contributed by atoms with Crippen LogP contribution in [-0.4, -0.2) is 50.3 Å². The molecule has 0 aliphatic carbocycles. The Kier molecular flexibility index (Phi) is 6.52. The zero-order chi connectivity index (χ0) is 12.7. The number of nitrogens with zero attached hydrogens (tertiary/aromatic N) is 1. The second-order valence-corrected chi connectivity index (χ2v) is 4.63. The zero-order valence-electron chi connectivity index (χ0n) is 11.3. The van der Waals surface area contributed by atoms with Crippen LogP contribution in [0.25, 0.3) is 0 Å². The van der Waals surface area contributed by atoms with Gasteiger partial charge >= 0.3 is 5.97 Å². The van der Waals surface area contributed by atoms with Gasteiger partial charge < -0.3 is 9.47 Å². The SMILES string of the molecule is CCOC(=O)C(CC)N1CCCC(COC)C1. The molecular formula is C13H25NO3. The van der Waals surface area contributed by atoms with E-state index < -0.39 is 0 Å². The van der Waals surface area contributed by atoms with Gasteiger partial charge in [-0.3, -0.25) is 9.69 Å². The summed E-state index contributed by atoms with van der Waals surface area (Å²) < 4.78 is 10.3. The summed E-state index contributed by atoms with van der Waals surface area (Å²) in [6.45, 7) is 7.10. The predicted octanol–water partition coefficient (Wildman–Crippen LogP) is 1.69. The fraction of sp³-hybridized carbons (Fsp3) is 0.923. The van der Waals surface area contributed by atoms with Gasteiger partial charge in [-0.1, -0.05) is 6.92 Å². The van der Waals surface area contributed by atoms with Crippen LogP contribution in [0.2, 0.25) is 0 Å². The van der Waals surface area contributed by atoms with Gasteiger partial charge in [0.25, 0.3) is 0 Å². The first-order valence-electron chi connectivity index (χ1n) is 6.62. The monoisotopic (exact) mass is 243 g/mol. The van der Waals surface area contributed by atoms with Gasteiger partial charge in [0.05, 0.1) is 13.2 Å². The van der Waals surface area contributed by atoms with Crippen molar-refractivity contribution in [3.8, 4) is 0 Å². The number of carbonyl (C=O) groups is 1. The molecular weight excluding hydrogens is 218 g/mol. The normalized spacial score (nSPS) is 23.4. The number of piperidine rings is 1. The molecule has 1 aliphatic rings. The van der Waals surface area contributed by atoms with Crippen LogP contribution in [0.15, 0.2) is 0 Å². The lowest BCUT2D eigenvalue weighted by Gasteiger charge is -2.36. The van der Waals surface area contributed by atoms with Gasteiger partial charge in [-0.15, -0.1) is 0 Å². The van der Waals surface area contributed by atoms with Crippen LogP contribution in [-0.2, 0) is 14.3 Å². The van der Waals surface area contributed by atoms with E-state index in [0.29, 0.717) is 12.5 Å². The maximum absolute atomic E-state index is 11.8.